The van der Waals surface area contributed by atoms with Crippen LogP contribution in [0, 0.1) is 0 Å². The van der Waals surface area contributed by atoms with Crippen LogP contribution in [-0.4, -0.2) is 48.2 Å². The highest BCUT2D eigenvalue weighted by molar-refractivity contribution is 5.78. The smallest absolute Gasteiger partial charge is 0.234 e. The maximum Gasteiger partial charge on any atom is 0.234 e. The van der Waals surface area contributed by atoms with Crippen molar-refractivity contribution in [1.82, 2.24) is 10.2 Å². The van der Waals surface area contributed by atoms with Crippen molar-refractivity contribution < 1.29 is 9.90 Å². The summed E-state index contributed by atoms with van der Waals surface area (Å²) in [6, 6.07) is 0.474. The lowest BCUT2D eigenvalue weighted by Crippen LogP contribution is -2.43. The summed E-state index contributed by atoms with van der Waals surface area (Å²) >= 11 is 0. The fraction of sp³-hybridized carbons (Fsp3) is 0.750. The zero-order valence-corrected chi connectivity index (χ0v) is 9.82. The third kappa shape index (κ3) is 4.33. The quantitative estimate of drug-likeness (QED) is 0.622. The summed E-state index contributed by atoms with van der Waals surface area (Å²) in [5.41, 5.74) is 0. The molecular weight excluding hydrogens is 204 g/mol. The third-order valence-electron chi connectivity index (χ3n) is 3.02. The van der Waals surface area contributed by atoms with E-state index >= 15 is 0 Å². The molecule has 1 rings (SSSR count). The van der Waals surface area contributed by atoms with Crippen molar-refractivity contribution in [3.05, 3.63) is 12.7 Å². The van der Waals surface area contributed by atoms with Crippen LogP contribution in [0.3, 0.4) is 0 Å². The molecule has 4 nitrogen and oxygen atoms in total. The van der Waals surface area contributed by atoms with Crippen molar-refractivity contribution >= 4 is 5.91 Å². The van der Waals surface area contributed by atoms with Gasteiger partial charge in [-0.15, -0.1) is 6.58 Å². The van der Waals surface area contributed by atoms with E-state index in [0.29, 0.717) is 25.7 Å². The van der Waals surface area contributed by atoms with Crippen LogP contribution >= 0.6 is 0 Å². The molecule has 0 unspecified atom stereocenters. The summed E-state index contributed by atoms with van der Waals surface area (Å²) < 4.78 is 0. The fourth-order valence-electron chi connectivity index (χ4n) is 2.21. The molecule has 0 spiro atoms. The highest BCUT2D eigenvalue weighted by Gasteiger charge is 2.23. The Hall–Kier alpha value is -0.870. The van der Waals surface area contributed by atoms with Crippen LogP contribution in [0.15, 0.2) is 12.7 Å². The first-order chi connectivity index (χ1) is 7.77. The second-order valence-electron chi connectivity index (χ2n) is 4.23. The second-order valence-corrected chi connectivity index (χ2v) is 4.23. The summed E-state index contributed by atoms with van der Waals surface area (Å²) in [7, 11) is 0. The first kappa shape index (κ1) is 13.2. The predicted octanol–water partition coefficient (Wildman–Crippen LogP) is 0.525. The molecule has 1 aliphatic carbocycles. The average molecular weight is 226 g/mol. The Morgan fingerprint density at radius 1 is 1.50 bits per heavy atom. The van der Waals surface area contributed by atoms with Gasteiger partial charge in [0.2, 0.25) is 5.91 Å². The molecule has 1 amide bonds. The van der Waals surface area contributed by atoms with E-state index in [1.54, 1.807) is 6.08 Å². The second kappa shape index (κ2) is 7.41. The van der Waals surface area contributed by atoms with Gasteiger partial charge in [0.25, 0.3) is 0 Å². The van der Waals surface area contributed by atoms with Crippen molar-refractivity contribution in [1.29, 1.82) is 0 Å². The van der Waals surface area contributed by atoms with Gasteiger partial charge >= 0.3 is 0 Å². The lowest BCUT2D eigenvalue weighted by molar-refractivity contribution is -0.122. The van der Waals surface area contributed by atoms with Gasteiger partial charge in [-0.2, -0.15) is 0 Å². The van der Waals surface area contributed by atoms with Crippen molar-refractivity contribution in [3.63, 3.8) is 0 Å². The Bertz CT molecular complexity index is 225. The van der Waals surface area contributed by atoms with E-state index in [2.05, 4.69) is 16.8 Å². The first-order valence-electron chi connectivity index (χ1n) is 6.00. The van der Waals surface area contributed by atoms with E-state index in [9.17, 15) is 4.79 Å². The number of carbonyl (C=O) groups excluding carboxylic acids is 1. The molecule has 0 saturated heterocycles. The van der Waals surface area contributed by atoms with Crippen molar-refractivity contribution in [2.24, 2.45) is 0 Å². The number of amides is 1. The zero-order chi connectivity index (χ0) is 11.8. The Morgan fingerprint density at radius 2 is 2.19 bits per heavy atom. The van der Waals surface area contributed by atoms with E-state index in [4.69, 9.17) is 5.11 Å². The molecule has 1 fully saturated rings. The van der Waals surface area contributed by atoms with Crippen LogP contribution in [0.2, 0.25) is 0 Å². The number of nitrogens with zero attached hydrogens (tertiary/aromatic N) is 1. The molecule has 16 heavy (non-hydrogen) atoms. The highest BCUT2D eigenvalue weighted by atomic mass is 16.3. The van der Waals surface area contributed by atoms with Crippen LogP contribution < -0.4 is 5.32 Å². The average Bonchev–Trinajstić information content (AvgIpc) is 2.79. The minimum Gasteiger partial charge on any atom is -0.395 e. The fourth-order valence-corrected chi connectivity index (χ4v) is 2.21. The van der Waals surface area contributed by atoms with Crippen molar-refractivity contribution in [2.75, 3.05) is 26.2 Å². The monoisotopic (exact) mass is 226 g/mol. The Balaban J connectivity index is 2.36. The molecule has 0 aromatic carbocycles. The number of rotatable bonds is 7. The standard InChI is InChI=1S/C12H22N2O2/c1-2-7-13-12(16)10-14(8-9-15)11-5-3-4-6-11/h2,11,15H,1,3-10H2,(H,13,16). The molecule has 0 atom stereocenters. The van der Waals surface area contributed by atoms with Gasteiger partial charge < -0.3 is 10.4 Å². The van der Waals surface area contributed by atoms with Gasteiger partial charge in [0, 0.05) is 19.1 Å². The number of hydrogen-bond acceptors (Lipinski definition) is 3. The van der Waals surface area contributed by atoms with Crippen molar-refractivity contribution in [2.45, 2.75) is 31.7 Å². The SMILES string of the molecule is C=CCNC(=O)CN(CCO)C1CCCC1. The molecule has 2 N–H and O–H groups in total. The Kier molecular flexibility index (Phi) is 6.11. The van der Waals surface area contributed by atoms with E-state index in [0.717, 1.165) is 12.8 Å². The van der Waals surface area contributed by atoms with Crippen LogP contribution in [0.4, 0.5) is 0 Å². The van der Waals surface area contributed by atoms with Gasteiger partial charge in [0.15, 0.2) is 0 Å². The van der Waals surface area contributed by atoms with Crippen LogP contribution in [0.5, 0.6) is 0 Å². The van der Waals surface area contributed by atoms with Gasteiger partial charge in [-0.05, 0) is 12.8 Å². The van der Waals surface area contributed by atoms with Crippen LogP contribution in [0.1, 0.15) is 25.7 Å². The largest absolute Gasteiger partial charge is 0.395 e. The van der Waals surface area contributed by atoms with Gasteiger partial charge in [-0.3, -0.25) is 9.69 Å². The predicted molar refractivity (Wildman–Crippen MR) is 64.1 cm³/mol. The Labute approximate surface area is 97.3 Å². The normalized spacial score (nSPS) is 16.6. The molecular formula is C12H22N2O2. The lowest BCUT2D eigenvalue weighted by Gasteiger charge is -2.27. The number of hydrogen-bond donors (Lipinski definition) is 2. The van der Waals surface area contributed by atoms with Crippen molar-refractivity contribution in [3.8, 4) is 0 Å². The Morgan fingerprint density at radius 3 is 2.75 bits per heavy atom. The molecule has 92 valence electrons. The number of aliphatic hydroxyl groups excluding tert-OH is 1. The minimum atomic E-state index is 0.0141. The van der Waals surface area contributed by atoms with Gasteiger partial charge in [-0.25, -0.2) is 0 Å². The number of carbonyl (C=O) groups is 1. The summed E-state index contributed by atoms with van der Waals surface area (Å²) in [6.07, 6.45) is 6.44. The summed E-state index contributed by atoms with van der Waals surface area (Å²) in [6.45, 7) is 5.16. The molecule has 0 aromatic rings. The van der Waals surface area contributed by atoms with E-state index in [-0.39, 0.29) is 12.5 Å². The zero-order valence-electron chi connectivity index (χ0n) is 9.82. The van der Waals surface area contributed by atoms with E-state index in [1.807, 2.05) is 0 Å². The van der Waals surface area contributed by atoms with Crippen LogP contribution in [-0.2, 0) is 4.79 Å². The molecule has 0 aliphatic heterocycles. The van der Waals surface area contributed by atoms with E-state index < -0.39 is 0 Å². The summed E-state index contributed by atoms with van der Waals surface area (Å²) in [5.74, 6) is 0.0141. The maximum absolute atomic E-state index is 11.6. The highest BCUT2D eigenvalue weighted by Crippen LogP contribution is 2.22. The van der Waals surface area contributed by atoms with Gasteiger partial charge in [-0.1, -0.05) is 18.9 Å². The van der Waals surface area contributed by atoms with Gasteiger partial charge in [0.1, 0.15) is 0 Å². The number of aliphatic hydroxyl groups is 1. The minimum absolute atomic E-state index is 0.0141. The molecule has 0 aromatic heterocycles. The molecule has 0 radical (unpaired) electrons. The summed E-state index contributed by atoms with van der Waals surface area (Å²) in [5, 5.41) is 11.8. The summed E-state index contributed by atoms with van der Waals surface area (Å²) in [4.78, 5) is 13.7. The molecule has 4 heteroatoms. The van der Waals surface area contributed by atoms with E-state index in [1.165, 1.54) is 12.8 Å². The maximum atomic E-state index is 11.6. The topological polar surface area (TPSA) is 52.6 Å². The first-order valence-corrected chi connectivity index (χ1v) is 6.00. The number of nitrogens with one attached hydrogen (secondary N) is 1. The molecule has 1 aliphatic rings. The molecule has 0 bridgehead atoms. The van der Waals surface area contributed by atoms with Crippen LogP contribution in [0.25, 0.3) is 0 Å². The third-order valence-corrected chi connectivity index (χ3v) is 3.02. The molecule has 0 heterocycles. The lowest BCUT2D eigenvalue weighted by atomic mass is 10.2. The van der Waals surface area contributed by atoms with Gasteiger partial charge in [0.05, 0.1) is 13.2 Å². The molecule has 1 saturated carbocycles.